The molecular weight excluding hydrogens is 687 g/mol. The Bertz CT molecular complexity index is 2310. The van der Waals surface area contributed by atoms with E-state index in [0.717, 1.165) is 32.1 Å². The number of hydrogen-bond donors (Lipinski definition) is 0. The molecule has 0 spiro atoms. The van der Waals surface area contributed by atoms with Crippen molar-refractivity contribution in [3.8, 4) is 0 Å². The molecule has 9 aliphatic rings. The lowest BCUT2D eigenvalue weighted by molar-refractivity contribution is 0.348. The van der Waals surface area contributed by atoms with E-state index in [9.17, 15) is 0 Å². The Hall–Kier alpha value is -3.44. The summed E-state index contributed by atoms with van der Waals surface area (Å²) in [5.41, 5.74) is 12.3. The van der Waals surface area contributed by atoms with Gasteiger partial charge in [-0.1, -0.05) is 115 Å². The number of rotatable bonds is 5. The maximum Gasteiger partial charge on any atom is 0.0634 e. The van der Waals surface area contributed by atoms with E-state index in [-0.39, 0.29) is 0 Å². The zero-order valence-corrected chi connectivity index (χ0v) is 32.2. The van der Waals surface area contributed by atoms with Crippen molar-refractivity contribution >= 4 is 52.2 Å². The highest BCUT2D eigenvalue weighted by atomic mass is 32.2. The van der Waals surface area contributed by atoms with Crippen LogP contribution >= 0.6 is 34.9 Å². The molecule has 7 aliphatic carbocycles. The first-order chi connectivity index (χ1) is 25.8. The molecule has 1 aromatic carbocycles. The van der Waals surface area contributed by atoms with Gasteiger partial charge in [-0.15, -0.1) is 23.1 Å². The summed E-state index contributed by atoms with van der Waals surface area (Å²) in [5.74, 6) is 1.51. The summed E-state index contributed by atoms with van der Waals surface area (Å²) < 4.78 is 1.53. The maximum atomic E-state index is 2.85. The molecule has 260 valence electrons. The SMILES string of the molecule is C1=CC(N(C2=CCC(C3=CC4SC5=C(CCC=C5)C4C=C3)C=C2)C2=c3sc4c(c3=CCC2)CCC=C4c2ccccc2)C2C(=C1)SC1=C2CCCC1. The molecule has 2 aromatic rings. The molecule has 3 heterocycles. The van der Waals surface area contributed by atoms with E-state index in [4.69, 9.17) is 0 Å². The van der Waals surface area contributed by atoms with E-state index >= 15 is 0 Å². The average Bonchev–Trinajstić information content (AvgIpc) is 3.90. The van der Waals surface area contributed by atoms with Crippen molar-refractivity contribution < 1.29 is 0 Å². The van der Waals surface area contributed by atoms with Gasteiger partial charge in [0.05, 0.1) is 10.6 Å². The maximum absolute atomic E-state index is 2.85. The molecule has 0 saturated heterocycles. The molecule has 0 bridgehead atoms. The lowest BCUT2D eigenvalue weighted by Gasteiger charge is -2.41. The normalized spacial score (nSPS) is 29.6. The van der Waals surface area contributed by atoms with Crippen LogP contribution in [0.3, 0.4) is 0 Å². The van der Waals surface area contributed by atoms with Crippen molar-refractivity contribution in [2.45, 2.75) is 81.9 Å². The van der Waals surface area contributed by atoms with Crippen LogP contribution < -0.4 is 9.75 Å². The molecule has 4 heteroatoms. The van der Waals surface area contributed by atoms with Crippen molar-refractivity contribution in [1.29, 1.82) is 0 Å². The van der Waals surface area contributed by atoms with Gasteiger partial charge in [0, 0.05) is 44.2 Å². The standard InChI is InChI=1S/C48H45NS3/c1-2-11-31(12-3-1)34-15-8-16-37-38-17-9-19-41(48(38)52-47(34)37)49(40-18-10-22-44-46(40)39-14-5-7-21-43(39)50-44)33-26-23-30(24-27-33)32-25-28-36-35-13-4-6-20-42(35)51-45(36)29-32/h1-3,6,10-12,15,17-18,20,22-23,25-30,36,40,45-46H,4-5,7-9,13-14,16,19,21,24H2. The van der Waals surface area contributed by atoms with Gasteiger partial charge in [-0.25, -0.2) is 0 Å². The molecule has 11 rings (SSSR count). The van der Waals surface area contributed by atoms with Gasteiger partial charge >= 0.3 is 0 Å². The van der Waals surface area contributed by atoms with Gasteiger partial charge in [0.15, 0.2) is 0 Å². The molecule has 5 unspecified atom stereocenters. The number of thioether (sulfide) groups is 2. The number of fused-ring (bicyclic) bond motifs is 7. The predicted octanol–water partition coefficient (Wildman–Crippen LogP) is 11.4. The Morgan fingerprint density at radius 3 is 2.63 bits per heavy atom. The molecule has 0 saturated carbocycles. The van der Waals surface area contributed by atoms with E-state index in [2.05, 4.69) is 149 Å². The second-order valence-corrected chi connectivity index (χ2v) is 19.1. The fourth-order valence-electron chi connectivity index (χ4n) is 10.4. The molecule has 0 fully saturated rings. The summed E-state index contributed by atoms with van der Waals surface area (Å²) in [6.07, 6.45) is 45.7. The van der Waals surface area contributed by atoms with Gasteiger partial charge in [-0.05, 0) is 125 Å². The monoisotopic (exact) mass is 731 g/mol. The third-order valence-electron chi connectivity index (χ3n) is 12.8. The first-order valence-electron chi connectivity index (χ1n) is 19.8. The second-order valence-electron chi connectivity index (χ2n) is 15.7. The Morgan fingerprint density at radius 2 is 1.71 bits per heavy atom. The highest BCUT2D eigenvalue weighted by Gasteiger charge is 2.42. The molecule has 0 N–H and O–H groups in total. The van der Waals surface area contributed by atoms with E-state index in [1.165, 1.54) is 75.6 Å². The summed E-state index contributed by atoms with van der Waals surface area (Å²) in [5, 5.41) is 2.10. The van der Waals surface area contributed by atoms with Crippen molar-refractivity contribution in [3.63, 3.8) is 0 Å². The van der Waals surface area contributed by atoms with Crippen LogP contribution in [0.1, 0.15) is 80.2 Å². The lowest BCUT2D eigenvalue weighted by atomic mass is 9.80. The molecule has 0 radical (unpaired) electrons. The first kappa shape index (κ1) is 32.0. The summed E-state index contributed by atoms with van der Waals surface area (Å²) >= 11 is 6.29. The van der Waals surface area contributed by atoms with Gasteiger partial charge in [0.2, 0.25) is 0 Å². The summed E-state index contributed by atoms with van der Waals surface area (Å²) in [4.78, 5) is 9.16. The molecule has 0 amide bonds. The number of thiophene rings is 1. The summed E-state index contributed by atoms with van der Waals surface area (Å²) in [7, 11) is 0. The van der Waals surface area contributed by atoms with Crippen molar-refractivity contribution in [1.82, 2.24) is 4.90 Å². The van der Waals surface area contributed by atoms with Crippen LogP contribution in [0.15, 0.2) is 140 Å². The van der Waals surface area contributed by atoms with E-state index in [0.29, 0.717) is 29.0 Å². The summed E-state index contributed by atoms with van der Waals surface area (Å²) in [6, 6.07) is 11.4. The largest absolute Gasteiger partial charge is 0.336 e. The quantitative estimate of drug-likeness (QED) is 0.301. The van der Waals surface area contributed by atoms with Crippen LogP contribution in [0.5, 0.6) is 0 Å². The van der Waals surface area contributed by atoms with E-state index in [1.807, 2.05) is 0 Å². The van der Waals surface area contributed by atoms with Crippen LogP contribution in [0.4, 0.5) is 0 Å². The highest BCUT2D eigenvalue weighted by Crippen LogP contribution is 2.56. The van der Waals surface area contributed by atoms with Crippen LogP contribution in [-0.2, 0) is 6.42 Å². The average molecular weight is 732 g/mol. The number of hydrogen-bond acceptors (Lipinski definition) is 4. The van der Waals surface area contributed by atoms with Crippen LogP contribution in [0, 0.1) is 17.8 Å². The minimum absolute atomic E-state index is 0.310. The molecule has 1 nitrogen and oxygen atoms in total. The minimum Gasteiger partial charge on any atom is -0.336 e. The van der Waals surface area contributed by atoms with Gasteiger partial charge in [-0.3, -0.25) is 0 Å². The summed E-state index contributed by atoms with van der Waals surface area (Å²) in [6.45, 7) is 0. The van der Waals surface area contributed by atoms with E-state index < -0.39 is 0 Å². The number of nitrogens with zero attached hydrogens (tertiary/aromatic N) is 1. The molecular formula is C48H45NS3. The smallest absolute Gasteiger partial charge is 0.0634 e. The predicted molar refractivity (Wildman–Crippen MR) is 225 cm³/mol. The molecule has 1 aromatic heterocycles. The van der Waals surface area contributed by atoms with Crippen molar-refractivity contribution in [2.24, 2.45) is 17.8 Å². The van der Waals surface area contributed by atoms with Crippen molar-refractivity contribution in [2.75, 3.05) is 0 Å². The second kappa shape index (κ2) is 13.1. The van der Waals surface area contributed by atoms with Crippen LogP contribution in [0.25, 0.3) is 17.3 Å². The van der Waals surface area contributed by atoms with Crippen LogP contribution in [-0.4, -0.2) is 16.2 Å². The number of benzene rings is 1. The highest BCUT2D eigenvalue weighted by molar-refractivity contribution is 8.07. The third kappa shape index (κ3) is 5.26. The van der Waals surface area contributed by atoms with Crippen LogP contribution in [0.2, 0.25) is 0 Å². The lowest BCUT2D eigenvalue weighted by Crippen LogP contribution is -2.43. The fourth-order valence-corrected chi connectivity index (χ4v) is 14.8. The Balaban J connectivity index is 0.991. The van der Waals surface area contributed by atoms with Crippen molar-refractivity contribution in [3.05, 3.63) is 166 Å². The minimum atomic E-state index is 0.310. The molecule has 2 aliphatic heterocycles. The zero-order chi connectivity index (χ0) is 34.2. The Morgan fingerprint density at radius 1 is 0.788 bits per heavy atom. The number of allylic oxidation sites excluding steroid dienone is 13. The fraction of sp³-hybridized carbons (Fsp3) is 0.333. The first-order valence-corrected chi connectivity index (χ1v) is 22.3. The molecule has 52 heavy (non-hydrogen) atoms. The Kier molecular flexibility index (Phi) is 8.10. The van der Waals surface area contributed by atoms with Gasteiger partial charge in [-0.2, -0.15) is 0 Å². The molecule has 5 atom stereocenters. The van der Waals surface area contributed by atoms with E-state index in [1.54, 1.807) is 37.1 Å². The Labute approximate surface area is 321 Å². The van der Waals surface area contributed by atoms with Gasteiger partial charge < -0.3 is 4.90 Å². The van der Waals surface area contributed by atoms with Gasteiger partial charge in [0.25, 0.3) is 0 Å². The topological polar surface area (TPSA) is 3.24 Å². The third-order valence-corrected chi connectivity index (χ3v) is 16.8. The van der Waals surface area contributed by atoms with Gasteiger partial charge in [0.1, 0.15) is 0 Å². The zero-order valence-electron chi connectivity index (χ0n) is 29.7.